The number of hydrogen-bond donors (Lipinski definition) is 0. The molecule has 156 valence electrons. The Morgan fingerprint density at radius 1 is 0.968 bits per heavy atom. The van der Waals surface area contributed by atoms with Crippen molar-refractivity contribution in [2.75, 3.05) is 0 Å². The van der Waals surface area contributed by atoms with Gasteiger partial charge in [-0.05, 0) is 43.3 Å². The van der Waals surface area contributed by atoms with E-state index in [2.05, 4.69) is 5.16 Å². The summed E-state index contributed by atoms with van der Waals surface area (Å²) in [5, 5.41) is 4.39. The van der Waals surface area contributed by atoms with Crippen LogP contribution in [0.25, 0.3) is 6.08 Å². The molecule has 0 radical (unpaired) electrons. The third-order valence-electron chi connectivity index (χ3n) is 4.54. The Bertz CT molecular complexity index is 1310. The zero-order chi connectivity index (χ0) is 22.0. The molecule has 0 unspecified atom stereocenters. The molecule has 8 heteroatoms. The molecule has 1 aliphatic heterocycles. The summed E-state index contributed by atoms with van der Waals surface area (Å²) >= 11 is 5.93. The number of nitrogens with zero attached hydrogens (tertiary/aromatic N) is 1. The van der Waals surface area contributed by atoms with Crippen LogP contribution in [0.4, 0.5) is 0 Å². The molecular formula is C23H16ClNO5S. The Morgan fingerprint density at radius 2 is 1.65 bits per heavy atom. The topological polar surface area (TPSA) is 82.0 Å². The van der Waals surface area contributed by atoms with Crippen LogP contribution in [0, 0.1) is 6.92 Å². The summed E-state index contributed by atoms with van der Waals surface area (Å²) in [5.41, 5.74) is 2.43. The molecular weight excluding hydrogens is 438 g/mol. The van der Waals surface area contributed by atoms with Gasteiger partial charge in [-0.2, -0.15) is 8.42 Å². The molecule has 4 rings (SSSR count). The first kappa shape index (κ1) is 20.8. The van der Waals surface area contributed by atoms with E-state index in [4.69, 9.17) is 20.6 Å². The fraction of sp³-hybridized carbons (Fsp3) is 0.0435. The zero-order valence-electron chi connectivity index (χ0n) is 16.3. The average molecular weight is 454 g/mol. The van der Waals surface area contributed by atoms with Gasteiger partial charge in [-0.25, -0.2) is 4.79 Å². The van der Waals surface area contributed by atoms with Crippen LogP contribution in [-0.2, 0) is 19.8 Å². The summed E-state index contributed by atoms with van der Waals surface area (Å²) in [5.74, 6) is -0.577. The minimum atomic E-state index is -4.06. The van der Waals surface area contributed by atoms with E-state index in [1.54, 1.807) is 54.6 Å². The van der Waals surface area contributed by atoms with Crippen LogP contribution in [0.15, 0.2) is 88.4 Å². The lowest BCUT2D eigenvalue weighted by Crippen LogP contribution is -2.11. The van der Waals surface area contributed by atoms with Crippen LogP contribution in [0.3, 0.4) is 0 Å². The van der Waals surface area contributed by atoms with Gasteiger partial charge in [0.05, 0.1) is 5.57 Å². The monoisotopic (exact) mass is 453 g/mol. The molecule has 0 saturated carbocycles. The molecule has 0 aliphatic carbocycles. The van der Waals surface area contributed by atoms with Gasteiger partial charge in [0.1, 0.15) is 16.4 Å². The Hall–Kier alpha value is -3.42. The lowest BCUT2D eigenvalue weighted by atomic mass is 10.0. The Morgan fingerprint density at radius 3 is 2.35 bits per heavy atom. The predicted molar refractivity (Wildman–Crippen MR) is 117 cm³/mol. The first-order valence-corrected chi connectivity index (χ1v) is 11.0. The maximum atomic E-state index is 12.7. The van der Waals surface area contributed by atoms with E-state index in [9.17, 15) is 13.2 Å². The molecule has 1 heterocycles. The van der Waals surface area contributed by atoms with Gasteiger partial charge in [-0.1, -0.05) is 64.8 Å². The van der Waals surface area contributed by atoms with Crippen molar-refractivity contribution in [2.45, 2.75) is 11.8 Å². The van der Waals surface area contributed by atoms with Gasteiger partial charge in [0, 0.05) is 16.1 Å². The van der Waals surface area contributed by atoms with Crippen molar-refractivity contribution in [3.8, 4) is 5.75 Å². The number of hydrogen-bond acceptors (Lipinski definition) is 6. The summed E-state index contributed by atoms with van der Waals surface area (Å²) in [6.07, 6.45) is 1.49. The van der Waals surface area contributed by atoms with Crippen molar-refractivity contribution in [2.24, 2.45) is 5.16 Å². The first-order chi connectivity index (χ1) is 14.8. The van der Waals surface area contributed by atoms with Gasteiger partial charge in [-0.3, -0.25) is 0 Å². The number of carbonyl (C=O) groups is 1. The van der Waals surface area contributed by atoms with Crippen LogP contribution in [0.2, 0.25) is 5.02 Å². The van der Waals surface area contributed by atoms with Crippen molar-refractivity contribution < 1.29 is 22.2 Å². The number of para-hydroxylation sites is 1. The number of oxime groups is 1. The van der Waals surface area contributed by atoms with Gasteiger partial charge in [0.15, 0.2) is 0 Å². The fourth-order valence-corrected chi connectivity index (χ4v) is 4.01. The highest BCUT2D eigenvalue weighted by molar-refractivity contribution is 7.87. The quantitative estimate of drug-likeness (QED) is 0.316. The third kappa shape index (κ3) is 4.52. The Balaban J connectivity index is 1.70. The molecule has 0 N–H and O–H groups in total. The molecule has 0 fully saturated rings. The molecule has 3 aromatic carbocycles. The van der Waals surface area contributed by atoms with Crippen LogP contribution < -0.4 is 4.18 Å². The molecule has 0 bridgehead atoms. The summed E-state index contributed by atoms with van der Waals surface area (Å²) in [6.45, 7) is 1.86. The van der Waals surface area contributed by atoms with Gasteiger partial charge in [0.2, 0.25) is 0 Å². The molecule has 0 atom stereocenters. The van der Waals surface area contributed by atoms with Crippen molar-refractivity contribution in [3.05, 3.63) is 100 Å². The molecule has 31 heavy (non-hydrogen) atoms. The third-order valence-corrected chi connectivity index (χ3v) is 6.04. The number of rotatable bonds is 5. The van der Waals surface area contributed by atoms with E-state index in [-0.39, 0.29) is 16.2 Å². The smallest absolute Gasteiger partial charge is 0.368 e. The molecule has 0 aromatic heterocycles. The summed E-state index contributed by atoms with van der Waals surface area (Å²) in [4.78, 5) is 17.2. The van der Waals surface area contributed by atoms with Crippen LogP contribution in [-0.4, -0.2) is 20.1 Å². The van der Waals surface area contributed by atoms with E-state index >= 15 is 0 Å². The molecule has 3 aromatic rings. The van der Waals surface area contributed by atoms with Gasteiger partial charge < -0.3 is 9.02 Å². The van der Waals surface area contributed by atoms with Gasteiger partial charge >= 0.3 is 16.1 Å². The lowest BCUT2D eigenvalue weighted by molar-refractivity contribution is -0.136. The Kier molecular flexibility index (Phi) is 5.63. The summed E-state index contributed by atoms with van der Waals surface area (Å²) in [7, 11) is -4.06. The van der Waals surface area contributed by atoms with Crippen molar-refractivity contribution in [1.29, 1.82) is 0 Å². The van der Waals surface area contributed by atoms with Crippen molar-refractivity contribution in [3.63, 3.8) is 0 Å². The summed E-state index contributed by atoms with van der Waals surface area (Å²) in [6, 6.07) is 19.6. The molecule has 0 saturated heterocycles. The molecule has 1 aliphatic rings. The predicted octanol–water partition coefficient (Wildman–Crippen LogP) is 4.76. The average Bonchev–Trinajstić information content (AvgIpc) is 3.10. The number of aryl methyl sites for hydroxylation is 1. The van der Waals surface area contributed by atoms with E-state index in [1.165, 1.54) is 24.3 Å². The van der Waals surface area contributed by atoms with Gasteiger partial charge in [-0.15, -0.1) is 0 Å². The highest BCUT2D eigenvalue weighted by Crippen LogP contribution is 2.28. The maximum absolute atomic E-state index is 12.7. The Labute approximate surface area is 184 Å². The first-order valence-electron chi connectivity index (χ1n) is 9.21. The van der Waals surface area contributed by atoms with Crippen molar-refractivity contribution in [1.82, 2.24) is 0 Å². The second-order valence-electron chi connectivity index (χ2n) is 6.77. The standard InChI is InChI=1S/C23H16ClNO5S/c1-15-6-12-19(13-7-15)31(27,28)30-21-5-3-2-4-17(21)14-20-22(25-29-23(20)26)16-8-10-18(24)11-9-16/h2-14H,1H3. The second kappa shape index (κ2) is 8.37. The van der Waals surface area contributed by atoms with E-state index < -0.39 is 16.1 Å². The lowest BCUT2D eigenvalue weighted by Gasteiger charge is -2.10. The number of benzene rings is 3. The van der Waals surface area contributed by atoms with Gasteiger partial charge in [0.25, 0.3) is 0 Å². The normalized spacial score (nSPS) is 15.0. The minimum Gasteiger partial charge on any atom is -0.378 e. The second-order valence-corrected chi connectivity index (χ2v) is 8.75. The molecule has 0 spiro atoms. The zero-order valence-corrected chi connectivity index (χ0v) is 17.9. The summed E-state index contributed by atoms with van der Waals surface area (Å²) < 4.78 is 30.8. The van der Waals surface area contributed by atoms with E-state index in [0.29, 0.717) is 21.9 Å². The highest BCUT2D eigenvalue weighted by atomic mass is 35.5. The minimum absolute atomic E-state index is 0.0317. The molecule has 6 nitrogen and oxygen atoms in total. The fourth-order valence-electron chi connectivity index (χ4n) is 2.93. The van der Waals surface area contributed by atoms with E-state index in [0.717, 1.165) is 5.56 Å². The SMILES string of the molecule is Cc1ccc(S(=O)(=O)Oc2ccccc2C=C2C(=O)ON=C2c2ccc(Cl)cc2)cc1. The number of carbonyl (C=O) groups excluding carboxylic acids is 1. The highest BCUT2D eigenvalue weighted by Gasteiger charge is 2.27. The number of halogens is 1. The largest absolute Gasteiger partial charge is 0.378 e. The van der Waals surface area contributed by atoms with Crippen LogP contribution in [0.5, 0.6) is 5.75 Å². The maximum Gasteiger partial charge on any atom is 0.368 e. The van der Waals surface area contributed by atoms with Crippen molar-refractivity contribution >= 4 is 39.5 Å². The van der Waals surface area contributed by atoms with Crippen LogP contribution >= 0.6 is 11.6 Å². The molecule has 0 amide bonds. The van der Waals surface area contributed by atoms with Crippen LogP contribution in [0.1, 0.15) is 16.7 Å². The van der Waals surface area contributed by atoms with E-state index in [1.807, 2.05) is 6.92 Å².